The number of halogens is 3. The van der Waals surface area contributed by atoms with Crippen molar-refractivity contribution < 1.29 is 13.2 Å². The van der Waals surface area contributed by atoms with E-state index in [9.17, 15) is 13.2 Å². The molecule has 1 aromatic heterocycles. The number of nitrogens with one attached hydrogen (secondary N) is 1. The van der Waals surface area contributed by atoms with Crippen LogP contribution in [0.15, 0.2) is 12.3 Å². The molecule has 16 heavy (non-hydrogen) atoms. The van der Waals surface area contributed by atoms with Crippen LogP contribution in [0.2, 0.25) is 0 Å². The predicted molar refractivity (Wildman–Crippen MR) is 52.7 cm³/mol. The summed E-state index contributed by atoms with van der Waals surface area (Å²) in [6.07, 6.45) is -2.10. The molecule has 1 fully saturated rings. The Hall–Kier alpha value is -1.04. The first-order chi connectivity index (χ1) is 7.47. The topological polar surface area (TPSA) is 29.9 Å². The minimum atomic E-state index is -4.09. The number of alkyl halides is 3. The predicted octanol–water partition coefficient (Wildman–Crippen LogP) is 2.02. The van der Waals surface area contributed by atoms with E-state index in [2.05, 4.69) is 10.4 Å². The Morgan fingerprint density at radius 2 is 2.25 bits per heavy atom. The highest BCUT2D eigenvalue weighted by Crippen LogP contribution is 2.37. The zero-order valence-corrected chi connectivity index (χ0v) is 8.96. The van der Waals surface area contributed by atoms with Crippen molar-refractivity contribution in [1.29, 1.82) is 0 Å². The van der Waals surface area contributed by atoms with Crippen LogP contribution in [0.1, 0.15) is 24.6 Å². The molecule has 0 aromatic carbocycles. The van der Waals surface area contributed by atoms with Crippen molar-refractivity contribution in [3.05, 3.63) is 18.0 Å². The highest BCUT2D eigenvalue weighted by Gasteiger charge is 2.42. The van der Waals surface area contributed by atoms with E-state index in [0.29, 0.717) is 12.2 Å². The number of rotatable bonds is 1. The van der Waals surface area contributed by atoms with Gasteiger partial charge >= 0.3 is 6.18 Å². The van der Waals surface area contributed by atoms with Gasteiger partial charge in [-0.25, -0.2) is 0 Å². The second-order valence-corrected chi connectivity index (χ2v) is 4.18. The van der Waals surface area contributed by atoms with Gasteiger partial charge in [-0.15, -0.1) is 0 Å². The molecule has 2 heterocycles. The molecule has 90 valence electrons. The summed E-state index contributed by atoms with van der Waals surface area (Å²) in [5.74, 6) is -1.21. The summed E-state index contributed by atoms with van der Waals surface area (Å²) in [5, 5.41) is 7.21. The Balaban J connectivity index is 2.07. The van der Waals surface area contributed by atoms with Gasteiger partial charge in [0.25, 0.3) is 0 Å². The largest absolute Gasteiger partial charge is 0.391 e. The smallest absolute Gasteiger partial charge is 0.309 e. The van der Waals surface area contributed by atoms with Crippen molar-refractivity contribution in [2.24, 2.45) is 13.0 Å². The minimum absolute atomic E-state index is 0.0838. The first-order valence-corrected chi connectivity index (χ1v) is 5.26. The van der Waals surface area contributed by atoms with Crippen LogP contribution >= 0.6 is 0 Å². The Labute approximate surface area is 91.6 Å². The van der Waals surface area contributed by atoms with Crippen molar-refractivity contribution in [2.45, 2.75) is 25.1 Å². The van der Waals surface area contributed by atoms with Gasteiger partial charge in [0.05, 0.1) is 17.7 Å². The van der Waals surface area contributed by atoms with Crippen LogP contribution in [0.5, 0.6) is 0 Å². The first-order valence-electron chi connectivity index (χ1n) is 5.26. The average Bonchev–Trinajstić information content (AvgIpc) is 2.64. The molecule has 3 nitrogen and oxygen atoms in total. The van der Waals surface area contributed by atoms with E-state index in [0.717, 1.165) is 0 Å². The van der Waals surface area contributed by atoms with Gasteiger partial charge in [0.15, 0.2) is 0 Å². The third-order valence-corrected chi connectivity index (χ3v) is 2.96. The highest BCUT2D eigenvalue weighted by molar-refractivity contribution is 5.07. The molecule has 0 spiro atoms. The van der Waals surface area contributed by atoms with Crippen molar-refractivity contribution in [3.63, 3.8) is 0 Å². The van der Waals surface area contributed by atoms with Crippen LogP contribution in [0.4, 0.5) is 13.2 Å². The molecule has 2 rings (SSSR count). The summed E-state index contributed by atoms with van der Waals surface area (Å²) in [6.45, 7) is 0.394. The molecule has 2 atom stereocenters. The summed E-state index contributed by atoms with van der Waals surface area (Å²) in [4.78, 5) is 0. The van der Waals surface area contributed by atoms with Crippen LogP contribution in [0, 0.1) is 5.92 Å². The lowest BCUT2D eigenvalue weighted by Crippen LogP contribution is -2.38. The molecule has 1 aliphatic heterocycles. The number of hydrogen-bond donors (Lipinski definition) is 1. The molecule has 1 saturated heterocycles. The van der Waals surface area contributed by atoms with Gasteiger partial charge in [0.2, 0.25) is 0 Å². The van der Waals surface area contributed by atoms with Crippen LogP contribution in [0.25, 0.3) is 0 Å². The van der Waals surface area contributed by atoms with Crippen LogP contribution in [0.3, 0.4) is 0 Å². The lowest BCUT2D eigenvalue weighted by atomic mass is 9.90. The van der Waals surface area contributed by atoms with Gasteiger partial charge in [-0.1, -0.05) is 0 Å². The Bertz CT molecular complexity index is 358. The molecule has 1 aliphatic rings. The molecule has 1 N–H and O–H groups in total. The van der Waals surface area contributed by atoms with Gasteiger partial charge in [0.1, 0.15) is 0 Å². The normalized spacial score (nSPS) is 27.0. The van der Waals surface area contributed by atoms with E-state index in [4.69, 9.17) is 0 Å². The number of aryl methyl sites for hydroxylation is 1. The van der Waals surface area contributed by atoms with Gasteiger partial charge in [-0.2, -0.15) is 18.3 Å². The highest BCUT2D eigenvalue weighted by atomic mass is 19.4. The van der Waals surface area contributed by atoms with Gasteiger partial charge in [-0.05, 0) is 25.5 Å². The lowest BCUT2D eigenvalue weighted by Gasteiger charge is -2.30. The minimum Gasteiger partial charge on any atom is -0.309 e. The fourth-order valence-corrected chi connectivity index (χ4v) is 2.06. The van der Waals surface area contributed by atoms with E-state index in [1.165, 1.54) is 0 Å². The van der Waals surface area contributed by atoms with Crippen LogP contribution in [-0.2, 0) is 7.05 Å². The molecule has 0 amide bonds. The van der Waals surface area contributed by atoms with E-state index < -0.39 is 12.1 Å². The summed E-state index contributed by atoms with van der Waals surface area (Å²) in [7, 11) is 1.76. The Kier molecular flexibility index (Phi) is 2.92. The van der Waals surface area contributed by atoms with Crippen molar-refractivity contribution in [2.75, 3.05) is 6.54 Å². The standard InChI is InChI=1S/C10H14F3N3/c1-16-5-3-8(15-16)9-6-7(2-4-14-9)10(11,12)13/h3,5,7,9,14H,2,4,6H2,1H3. The zero-order valence-electron chi connectivity index (χ0n) is 8.96. The maximum Gasteiger partial charge on any atom is 0.391 e. The summed E-state index contributed by atoms with van der Waals surface area (Å²) < 4.78 is 39.4. The van der Waals surface area contributed by atoms with E-state index in [-0.39, 0.29) is 18.9 Å². The number of piperidine rings is 1. The second-order valence-electron chi connectivity index (χ2n) is 4.18. The number of hydrogen-bond acceptors (Lipinski definition) is 2. The van der Waals surface area contributed by atoms with Crippen molar-refractivity contribution in [3.8, 4) is 0 Å². The molecular formula is C10H14F3N3. The van der Waals surface area contributed by atoms with Gasteiger partial charge < -0.3 is 5.32 Å². The van der Waals surface area contributed by atoms with Gasteiger partial charge in [0, 0.05) is 13.2 Å². The number of nitrogens with zero attached hydrogens (tertiary/aromatic N) is 2. The molecule has 0 radical (unpaired) electrons. The zero-order chi connectivity index (χ0) is 11.8. The van der Waals surface area contributed by atoms with Crippen molar-refractivity contribution >= 4 is 0 Å². The summed E-state index contributed by atoms with van der Waals surface area (Å²) in [5.41, 5.74) is 0.691. The van der Waals surface area contributed by atoms with Crippen molar-refractivity contribution in [1.82, 2.24) is 15.1 Å². The Morgan fingerprint density at radius 1 is 1.50 bits per heavy atom. The average molecular weight is 233 g/mol. The summed E-state index contributed by atoms with van der Waals surface area (Å²) >= 11 is 0. The molecule has 2 unspecified atom stereocenters. The first kappa shape index (κ1) is 11.4. The third-order valence-electron chi connectivity index (χ3n) is 2.96. The van der Waals surface area contributed by atoms with Gasteiger partial charge in [-0.3, -0.25) is 4.68 Å². The fraction of sp³-hybridized carbons (Fsp3) is 0.700. The molecule has 0 bridgehead atoms. The van der Waals surface area contributed by atoms with E-state index >= 15 is 0 Å². The SMILES string of the molecule is Cn1ccc(C2CC(C(F)(F)F)CCN2)n1. The third kappa shape index (κ3) is 2.37. The molecular weight excluding hydrogens is 219 g/mol. The second kappa shape index (κ2) is 4.08. The monoisotopic (exact) mass is 233 g/mol. The van der Waals surface area contributed by atoms with E-state index in [1.807, 2.05) is 0 Å². The maximum atomic E-state index is 12.6. The fourth-order valence-electron chi connectivity index (χ4n) is 2.06. The Morgan fingerprint density at radius 3 is 2.81 bits per heavy atom. The molecule has 0 aliphatic carbocycles. The number of aromatic nitrogens is 2. The van der Waals surface area contributed by atoms with E-state index in [1.54, 1.807) is 24.0 Å². The quantitative estimate of drug-likeness (QED) is 0.804. The van der Waals surface area contributed by atoms with Crippen LogP contribution in [-0.4, -0.2) is 22.5 Å². The lowest BCUT2D eigenvalue weighted by molar-refractivity contribution is -0.183. The van der Waals surface area contributed by atoms with Crippen LogP contribution < -0.4 is 5.32 Å². The molecule has 6 heteroatoms. The molecule has 1 aromatic rings. The molecule has 0 saturated carbocycles. The maximum absolute atomic E-state index is 12.6. The summed E-state index contributed by atoms with van der Waals surface area (Å²) in [6, 6.07) is 1.48.